The molecule has 0 unspecified atom stereocenters. The van der Waals surface area contributed by atoms with Crippen molar-refractivity contribution >= 4 is 0 Å². The predicted molar refractivity (Wildman–Crippen MR) is 37.4 cm³/mol. The molecule has 2 bridgehead atoms. The highest BCUT2D eigenvalue weighted by molar-refractivity contribution is 5.10. The molecule has 2 heterocycles. The molecule has 2 nitrogen and oxygen atoms in total. The van der Waals surface area contributed by atoms with Gasteiger partial charge < -0.3 is 11.1 Å². The zero-order chi connectivity index (χ0) is 7.24. The average Bonchev–Trinajstić information content (AvgIpc) is 1.86. The molecule has 3 N–H and O–H groups in total. The number of nitrogens with two attached hydrogens (primary N) is 1. The molecular formula is C7H13FN2. The minimum atomic E-state index is -0.905. The summed E-state index contributed by atoms with van der Waals surface area (Å²) in [6.07, 6.45) is 1.37. The van der Waals surface area contributed by atoms with E-state index in [9.17, 15) is 4.39 Å². The molecule has 3 aliphatic rings. The van der Waals surface area contributed by atoms with Crippen molar-refractivity contribution in [2.45, 2.75) is 18.5 Å². The van der Waals surface area contributed by atoms with Crippen molar-refractivity contribution in [3.05, 3.63) is 0 Å². The summed E-state index contributed by atoms with van der Waals surface area (Å²) in [6, 6.07) is 0. The van der Waals surface area contributed by atoms with Crippen molar-refractivity contribution in [2.24, 2.45) is 11.1 Å². The van der Waals surface area contributed by atoms with Crippen LogP contribution in [-0.2, 0) is 0 Å². The van der Waals surface area contributed by atoms with Gasteiger partial charge in [-0.3, -0.25) is 0 Å². The number of piperidine rings is 2. The van der Waals surface area contributed by atoms with Crippen molar-refractivity contribution < 1.29 is 4.39 Å². The molecule has 0 aromatic carbocycles. The Labute approximate surface area is 60.0 Å². The van der Waals surface area contributed by atoms with Crippen LogP contribution in [0.4, 0.5) is 4.39 Å². The molecular weight excluding hydrogens is 131 g/mol. The zero-order valence-corrected chi connectivity index (χ0v) is 5.99. The molecule has 1 aliphatic carbocycles. The van der Waals surface area contributed by atoms with Crippen LogP contribution in [0.2, 0.25) is 0 Å². The monoisotopic (exact) mass is 144 g/mol. The normalized spacial score (nSPS) is 52.2. The van der Waals surface area contributed by atoms with E-state index in [2.05, 4.69) is 5.32 Å². The maximum absolute atomic E-state index is 13.3. The Balaban J connectivity index is 2.08. The Hall–Kier alpha value is -0.150. The largest absolute Gasteiger partial charge is 0.330 e. The number of halogens is 1. The van der Waals surface area contributed by atoms with E-state index < -0.39 is 5.67 Å². The highest BCUT2D eigenvalue weighted by Gasteiger charge is 2.57. The number of hydrogen-bond acceptors (Lipinski definition) is 2. The highest BCUT2D eigenvalue weighted by Crippen LogP contribution is 2.52. The molecule has 0 amide bonds. The Bertz CT molecular complexity index is 152. The van der Waals surface area contributed by atoms with E-state index in [4.69, 9.17) is 5.73 Å². The first kappa shape index (κ1) is 6.55. The smallest absolute Gasteiger partial charge is 0.124 e. The van der Waals surface area contributed by atoms with E-state index in [0.717, 1.165) is 6.54 Å². The minimum Gasteiger partial charge on any atom is -0.330 e. The Morgan fingerprint density at radius 1 is 1.40 bits per heavy atom. The second kappa shape index (κ2) is 1.71. The summed E-state index contributed by atoms with van der Waals surface area (Å²) in [5.41, 5.74) is 4.74. The van der Waals surface area contributed by atoms with E-state index in [1.807, 2.05) is 0 Å². The Morgan fingerprint density at radius 2 is 2.10 bits per heavy atom. The fourth-order valence-corrected chi connectivity index (χ4v) is 2.31. The molecule has 0 radical (unpaired) electrons. The van der Waals surface area contributed by atoms with E-state index in [1.165, 1.54) is 0 Å². The van der Waals surface area contributed by atoms with Gasteiger partial charge in [-0.15, -0.1) is 0 Å². The van der Waals surface area contributed by atoms with Crippen molar-refractivity contribution in [1.29, 1.82) is 0 Å². The average molecular weight is 144 g/mol. The van der Waals surface area contributed by atoms with Crippen LogP contribution < -0.4 is 11.1 Å². The molecule has 58 valence electrons. The standard InChI is InChI=1S/C7H13FN2/c8-7-1-6(2-7,3-9)4-10-5-7/h10H,1-5,9H2. The summed E-state index contributed by atoms with van der Waals surface area (Å²) in [5.74, 6) is 0. The van der Waals surface area contributed by atoms with E-state index >= 15 is 0 Å². The molecule has 3 rings (SSSR count). The molecule has 1 saturated carbocycles. The number of nitrogens with one attached hydrogen (secondary N) is 1. The van der Waals surface area contributed by atoms with Gasteiger partial charge in [-0.25, -0.2) is 4.39 Å². The van der Waals surface area contributed by atoms with E-state index in [0.29, 0.717) is 25.9 Å². The highest BCUT2D eigenvalue weighted by atomic mass is 19.1. The Morgan fingerprint density at radius 3 is 2.50 bits per heavy atom. The fraction of sp³-hybridized carbons (Fsp3) is 1.00. The molecule has 0 spiro atoms. The van der Waals surface area contributed by atoms with Gasteiger partial charge in [-0.05, 0) is 19.4 Å². The first-order chi connectivity index (χ1) is 4.68. The van der Waals surface area contributed by atoms with Crippen LogP contribution in [0.15, 0.2) is 0 Å². The minimum absolute atomic E-state index is 0.118. The summed E-state index contributed by atoms with van der Waals surface area (Å²) in [6.45, 7) is 2.08. The lowest BCUT2D eigenvalue weighted by molar-refractivity contribution is -0.0913. The van der Waals surface area contributed by atoms with Crippen LogP contribution in [0.25, 0.3) is 0 Å². The molecule has 0 atom stereocenters. The SMILES string of the molecule is NCC12CNCC(F)(C1)C2. The van der Waals surface area contributed by atoms with Gasteiger partial charge in [0.15, 0.2) is 0 Å². The first-order valence-electron chi connectivity index (χ1n) is 3.78. The summed E-state index contributed by atoms with van der Waals surface area (Å²) in [7, 11) is 0. The maximum Gasteiger partial charge on any atom is 0.124 e. The Kier molecular flexibility index (Phi) is 1.12. The molecule has 3 fully saturated rings. The van der Waals surface area contributed by atoms with Gasteiger partial charge in [0.2, 0.25) is 0 Å². The number of hydrogen-bond donors (Lipinski definition) is 2. The van der Waals surface area contributed by atoms with Crippen LogP contribution >= 0.6 is 0 Å². The van der Waals surface area contributed by atoms with Gasteiger partial charge >= 0.3 is 0 Å². The lowest BCUT2D eigenvalue weighted by Crippen LogP contribution is -2.66. The third-order valence-corrected chi connectivity index (χ3v) is 2.76. The molecule has 2 saturated heterocycles. The predicted octanol–water partition coefficient (Wildman–Crippen LogP) is 0.0368. The summed E-state index contributed by atoms with van der Waals surface area (Å²) < 4.78 is 13.3. The van der Waals surface area contributed by atoms with Crippen molar-refractivity contribution in [1.82, 2.24) is 5.32 Å². The topological polar surface area (TPSA) is 38.0 Å². The summed E-state index contributed by atoms with van der Waals surface area (Å²) in [4.78, 5) is 0. The van der Waals surface area contributed by atoms with Crippen LogP contribution in [0, 0.1) is 5.41 Å². The van der Waals surface area contributed by atoms with Gasteiger partial charge in [0.05, 0.1) is 0 Å². The van der Waals surface area contributed by atoms with Crippen molar-refractivity contribution in [2.75, 3.05) is 19.6 Å². The second-order valence-corrected chi connectivity index (χ2v) is 3.81. The fourth-order valence-electron chi connectivity index (χ4n) is 2.31. The maximum atomic E-state index is 13.3. The summed E-state index contributed by atoms with van der Waals surface area (Å²) in [5, 5.41) is 3.06. The molecule has 2 aliphatic heterocycles. The van der Waals surface area contributed by atoms with Gasteiger partial charge in [0, 0.05) is 18.5 Å². The van der Waals surface area contributed by atoms with Crippen LogP contribution in [-0.4, -0.2) is 25.3 Å². The van der Waals surface area contributed by atoms with Crippen LogP contribution in [0.1, 0.15) is 12.8 Å². The van der Waals surface area contributed by atoms with E-state index in [1.54, 1.807) is 0 Å². The third-order valence-electron chi connectivity index (χ3n) is 2.76. The number of fused-ring (bicyclic) bond motifs is 2. The summed E-state index contributed by atoms with van der Waals surface area (Å²) >= 11 is 0. The number of alkyl halides is 1. The molecule has 3 heteroatoms. The van der Waals surface area contributed by atoms with Gasteiger partial charge in [0.25, 0.3) is 0 Å². The van der Waals surface area contributed by atoms with Gasteiger partial charge in [-0.2, -0.15) is 0 Å². The quantitative estimate of drug-likeness (QED) is 0.545. The molecule has 0 aromatic rings. The lowest BCUT2D eigenvalue weighted by Gasteiger charge is -2.56. The van der Waals surface area contributed by atoms with Gasteiger partial charge in [-0.1, -0.05) is 0 Å². The second-order valence-electron chi connectivity index (χ2n) is 3.81. The third kappa shape index (κ3) is 0.705. The lowest BCUT2D eigenvalue weighted by atomic mass is 9.57. The van der Waals surface area contributed by atoms with Crippen LogP contribution in [0.3, 0.4) is 0 Å². The first-order valence-corrected chi connectivity index (χ1v) is 3.78. The number of rotatable bonds is 1. The molecule has 10 heavy (non-hydrogen) atoms. The van der Waals surface area contributed by atoms with E-state index in [-0.39, 0.29) is 5.41 Å². The van der Waals surface area contributed by atoms with Crippen molar-refractivity contribution in [3.8, 4) is 0 Å². The van der Waals surface area contributed by atoms with Gasteiger partial charge in [0.1, 0.15) is 5.67 Å². The van der Waals surface area contributed by atoms with Crippen LogP contribution in [0.5, 0.6) is 0 Å². The van der Waals surface area contributed by atoms with Crippen molar-refractivity contribution in [3.63, 3.8) is 0 Å². The molecule has 0 aromatic heterocycles. The zero-order valence-electron chi connectivity index (χ0n) is 5.99.